The average molecular weight is 418 g/mol. The number of anilines is 1. The van der Waals surface area contributed by atoms with Crippen molar-refractivity contribution in [2.75, 3.05) is 4.90 Å². The van der Waals surface area contributed by atoms with E-state index in [1.54, 1.807) is 12.1 Å². The maximum absolute atomic E-state index is 13.1. The Morgan fingerprint density at radius 1 is 1.07 bits per heavy atom. The molecule has 1 aromatic heterocycles. The van der Waals surface area contributed by atoms with Gasteiger partial charge in [-0.25, -0.2) is 0 Å². The molecular weight excluding hydrogens is 394 g/mol. The van der Waals surface area contributed by atoms with Gasteiger partial charge in [0, 0.05) is 16.1 Å². The van der Waals surface area contributed by atoms with Crippen molar-refractivity contribution in [2.45, 2.75) is 33.2 Å². The second-order valence-corrected chi connectivity index (χ2v) is 8.47. The molecule has 1 aliphatic heterocycles. The van der Waals surface area contributed by atoms with Crippen LogP contribution in [0.5, 0.6) is 0 Å². The Bertz CT molecular complexity index is 1160. The fourth-order valence-corrected chi connectivity index (χ4v) is 4.87. The summed E-state index contributed by atoms with van der Waals surface area (Å²) in [4.78, 5) is 28.6. The van der Waals surface area contributed by atoms with Gasteiger partial charge in [-0.3, -0.25) is 14.5 Å². The van der Waals surface area contributed by atoms with Crippen molar-refractivity contribution < 1.29 is 14.7 Å². The number of Topliss-reactive ketones (excluding diaryl/α,β-unsaturated/α-hetero) is 1. The first-order valence-corrected chi connectivity index (χ1v) is 10.8. The van der Waals surface area contributed by atoms with Crippen molar-refractivity contribution in [1.82, 2.24) is 0 Å². The summed E-state index contributed by atoms with van der Waals surface area (Å²) in [5, 5.41) is 13.1. The van der Waals surface area contributed by atoms with E-state index >= 15 is 0 Å². The van der Waals surface area contributed by atoms with Crippen LogP contribution in [0.25, 0.3) is 5.76 Å². The molecule has 0 bridgehead atoms. The van der Waals surface area contributed by atoms with Crippen LogP contribution in [0.3, 0.4) is 0 Å². The van der Waals surface area contributed by atoms with Crippen LogP contribution in [0, 0.1) is 13.8 Å². The lowest BCUT2D eigenvalue weighted by Gasteiger charge is -2.25. The summed E-state index contributed by atoms with van der Waals surface area (Å²) in [5.41, 5.74) is 4.43. The van der Waals surface area contributed by atoms with Crippen LogP contribution < -0.4 is 4.90 Å². The van der Waals surface area contributed by atoms with E-state index in [0.717, 1.165) is 28.0 Å². The molecule has 1 atom stereocenters. The number of thiophene rings is 1. The molecule has 1 saturated heterocycles. The van der Waals surface area contributed by atoms with Crippen LogP contribution in [0.1, 0.15) is 40.1 Å². The summed E-state index contributed by atoms with van der Waals surface area (Å²) in [6, 6.07) is 16.3. The number of benzene rings is 2. The van der Waals surface area contributed by atoms with E-state index < -0.39 is 17.7 Å². The minimum absolute atomic E-state index is 0.135. The molecule has 1 N–H and O–H groups in total. The molecule has 30 heavy (non-hydrogen) atoms. The van der Waals surface area contributed by atoms with Crippen molar-refractivity contribution in [2.24, 2.45) is 0 Å². The lowest BCUT2D eigenvalue weighted by molar-refractivity contribution is -0.132. The molecule has 2 heterocycles. The third-order valence-electron chi connectivity index (χ3n) is 5.51. The Morgan fingerprint density at radius 3 is 2.40 bits per heavy atom. The number of amides is 1. The van der Waals surface area contributed by atoms with Crippen LogP contribution in [0.15, 0.2) is 65.6 Å². The monoisotopic (exact) mass is 417 g/mol. The van der Waals surface area contributed by atoms with Crippen LogP contribution in [-0.2, 0) is 16.0 Å². The molecule has 2 aromatic carbocycles. The van der Waals surface area contributed by atoms with Crippen molar-refractivity contribution in [3.05, 3.63) is 92.7 Å². The van der Waals surface area contributed by atoms with Crippen LogP contribution in [-0.4, -0.2) is 16.8 Å². The van der Waals surface area contributed by atoms with Gasteiger partial charge in [0.1, 0.15) is 11.8 Å². The molecule has 0 aliphatic carbocycles. The molecule has 3 aromatic rings. The van der Waals surface area contributed by atoms with Gasteiger partial charge in [0.15, 0.2) is 0 Å². The fourth-order valence-electron chi connectivity index (χ4n) is 3.84. The summed E-state index contributed by atoms with van der Waals surface area (Å²) >= 11 is 1.48. The molecule has 4 nitrogen and oxygen atoms in total. The van der Waals surface area contributed by atoms with Crippen molar-refractivity contribution in [3.63, 3.8) is 0 Å². The van der Waals surface area contributed by atoms with Gasteiger partial charge in [-0.05, 0) is 60.5 Å². The van der Waals surface area contributed by atoms with Gasteiger partial charge < -0.3 is 5.11 Å². The molecule has 1 aliphatic rings. The van der Waals surface area contributed by atoms with Gasteiger partial charge in [0.2, 0.25) is 0 Å². The SMILES string of the molecule is CCc1ccc(/C(O)=C2/C(=O)C(=O)N(c3cccc(C)c3)C2c2sccc2C)cc1. The quantitative estimate of drug-likeness (QED) is 0.344. The Hall–Kier alpha value is -3.18. The number of aliphatic hydroxyl groups excluding tert-OH is 1. The Morgan fingerprint density at radius 2 is 1.80 bits per heavy atom. The average Bonchev–Trinajstić information content (AvgIpc) is 3.28. The summed E-state index contributed by atoms with van der Waals surface area (Å²) in [6.07, 6.45) is 0.882. The summed E-state index contributed by atoms with van der Waals surface area (Å²) in [5.74, 6) is -1.42. The molecule has 5 heteroatoms. The van der Waals surface area contributed by atoms with Gasteiger partial charge in [0.25, 0.3) is 11.7 Å². The Kier molecular flexibility index (Phi) is 5.31. The van der Waals surface area contributed by atoms with Crippen LogP contribution in [0.2, 0.25) is 0 Å². The second kappa shape index (κ2) is 7.92. The number of ketones is 1. The molecule has 1 fully saturated rings. The van der Waals surface area contributed by atoms with Crippen molar-refractivity contribution in [1.29, 1.82) is 0 Å². The summed E-state index contributed by atoms with van der Waals surface area (Å²) in [6.45, 7) is 5.96. The first kappa shape index (κ1) is 20.1. The number of carbonyl (C=O) groups is 2. The zero-order valence-electron chi connectivity index (χ0n) is 17.2. The van der Waals surface area contributed by atoms with Gasteiger partial charge >= 0.3 is 0 Å². The third-order valence-corrected chi connectivity index (χ3v) is 6.58. The number of rotatable bonds is 4. The molecule has 0 saturated carbocycles. The highest BCUT2D eigenvalue weighted by molar-refractivity contribution is 7.10. The molecule has 1 amide bonds. The Labute approximate surface area is 180 Å². The van der Waals surface area contributed by atoms with E-state index in [9.17, 15) is 14.7 Å². The highest BCUT2D eigenvalue weighted by Crippen LogP contribution is 2.44. The molecule has 0 radical (unpaired) electrons. The largest absolute Gasteiger partial charge is 0.507 e. The van der Waals surface area contributed by atoms with E-state index in [2.05, 4.69) is 6.92 Å². The standard InChI is InChI=1S/C25H23NO3S/c1-4-17-8-10-18(11-9-17)22(27)20-21(24-16(3)12-13-30-24)26(25(29)23(20)28)19-7-5-6-15(2)14-19/h5-14,21,27H,4H2,1-3H3/b22-20-. The number of hydrogen-bond donors (Lipinski definition) is 1. The predicted molar refractivity (Wildman–Crippen MR) is 121 cm³/mol. The topological polar surface area (TPSA) is 57.6 Å². The number of hydrogen-bond acceptors (Lipinski definition) is 4. The van der Waals surface area contributed by atoms with E-state index in [0.29, 0.717) is 11.3 Å². The van der Waals surface area contributed by atoms with Gasteiger partial charge in [-0.2, -0.15) is 0 Å². The first-order valence-electron chi connectivity index (χ1n) is 9.93. The first-order chi connectivity index (χ1) is 14.4. The van der Waals surface area contributed by atoms with Crippen LogP contribution in [0.4, 0.5) is 5.69 Å². The zero-order chi connectivity index (χ0) is 21.4. The third kappa shape index (κ3) is 3.35. The molecule has 152 valence electrons. The van der Waals surface area contributed by atoms with Gasteiger partial charge in [0.05, 0.1) is 5.57 Å². The van der Waals surface area contributed by atoms with Gasteiger partial charge in [-0.1, -0.05) is 43.3 Å². The maximum Gasteiger partial charge on any atom is 0.300 e. The van der Waals surface area contributed by atoms with E-state index in [4.69, 9.17) is 0 Å². The normalized spacial score (nSPS) is 18.2. The molecule has 4 rings (SSSR count). The molecule has 1 unspecified atom stereocenters. The lowest BCUT2D eigenvalue weighted by Crippen LogP contribution is -2.29. The van der Waals surface area contributed by atoms with E-state index in [1.807, 2.05) is 61.7 Å². The molecular formula is C25H23NO3S. The summed E-state index contributed by atoms with van der Waals surface area (Å²) < 4.78 is 0. The number of carbonyl (C=O) groups excluding carboxylic acids is 2. The Balaban J connectivity index is 1.93. The maximum atomic E-state index is 13.1. The minimum Gasteiger partial charge on any atom is -0.507 e. The highest BCUT2D eigenvalue weighted by atomic mass is 32.1. The zero-order valence-corrected chi connectivity index (χ0v) is 18.0. The van der Waals surface area contributed by atoms with E-state index in [1.165, 1.54) is 16.2 Å². The minimum atomic E-state index is -0.661. The fraction of sp³-hybridized carbons (Fsp3) is 0.200. The molecule has 0 spiro atoms. The number of aryl methyl sites for hydroxylation is 3. The second-order valence-electron chi connectivity index (χ2n) is 7.53. The summed E-state index contributed by atoms with van der Waals surface area (Å²) in [7, 11) is 0. The highest BCUT2D eigenvalue weighted by Gasteiger charge is 2.47. The van der Waals surface area contributed by atoms with Gasteiger partial charge in [-0.15, -0.1) is 11.3 Å². The van der Waals surface area contributed by atoms with Crippen molar-refractivity contribution in [3.8, 4) is 0 Å². The lowest BCUT2D eigenvalue weighted by atomic mass is 9.97. The predicted octanol–water partition coefficient (Wildman–Crippen LogP) is 5.55. The van der Waals surface area contributed by atoms with Crippen molar-refractivity contribution >= 4 is 34.5 Å². The van der Waals surface area contributed by atoms with Crippen LogP contribution >= 0.6 is 11.3 Å². The number of nitrogens with zero attached hydrogens (tertiary/aromatic N) is 1. The van der Waals surface area contributed by atoms with E-state index in [-0.39, 0.29) is 11.3 Å². The smallest absolute Gasteiger partial charge is 0.300 e. The number of aliphatic hydroxyl groups is 1.